The highest BCUT2D eigenvalue weighted by molar-refractivity contribution is 7.17. The molecule has 0 spiro atoms. The van der Waals surface area contributed by atoms with Crippen LogP contribution in [0.25, 0.3) is 0 Å². The smallest absolute Gasteiger partial charge is 0.365 e. The SMILES string of the molecule is CC1CCc2c(sc(NC(=O)C3(F)C(F)(F)C(F)(F)C(F)(F)C(F)(F)C3(F)F)c2C(N)=O)C1. The van der Waals surface area contributed by atoms with Gasteiger partial charge in [-0.3, -0.25) is 9.59 Å². The molecule has 2 aliphatic carbocycles. The summed E-state index contributed by atoms with van der Waals surface area (Å²) < 4.78 is 152. The van der Waals surface area contributed by atoms with E-state index in [1.54, 1.807) is 6.92 Å². The number of primary amides is 1. The maximum atomic E-state index is 14.9. The number of hydrogen-bond donors (Lipinski definition) is 2. The predicted molar refractivity (Wildman–Crippen MR) is 91.2 cm³/mol. The van der Waals surface area contributed by atoms with Crippen molar-refractivity contribution in [3.05, 3.63) is 16.0 Å². The summed E-state index contributed by atoms with van der Waals surface area (Å²) in [5, 5.41) is 0.0753. The molecule has 0 bridgehead atoms. The molecular weight excluding hydrogens is 505 g/mol. The van der Waals surface area contributed by atoms with Crippen molar-refractivity contribution in [2.24, 2.45) is 11.7 Å². The third kappa shape index (κ3) is 2.81. The molecule has 1 unspecified atom stereocenters. The Morgan fingerprint density at radius 1 is 0.879 bits per heavy atom. The lowest BCUT2D eigenvalue weighted by molar-refractivity contribution is -0.475. The van der Waals surface area contributed by atoms with Crippen molar-refractivity contribution in [2.45, 2.75) is 61.5 Å². The summed E-state index contributed by atoms with van der Waals surface area (Å²) in [6.45, 7) is 1.74. The molecule has 1 aromatic rings. The zero-order valence-electron chi connectivity index (χ0n) is 16.2. The van der Waals surface area contributed by atoms with Crippen molar-refractivity contribution >= 4 is 28.2 Å². The highest BCUT2D eigenvalue weighted by atomic mass is 32.1. The van der Waals surface area contributed by atoms with Crippen LogP contribution in [0.1, 0.15) is 34.1 Å². The minimum absolute atomic E-state index is 0.0143. The molecule has 2 aliphatic rings. The average molecular weight is 518 g/mol. The zero-order valence-corrected chi connectivity index (χ0v) is 17.0. The molecule has 1 fully saturated rings. The summed E-state index contributed by atoms with van der Waals surface area (Å²) >= 11 is 0.373. The fourth-order valence-corrected chi connectivity index (χ4v) is 5.21. The van der Waals surface area contributed by atoms with E-state index >= 15 is 0 Å². The molecular formula is C17H13F11N2O2S. The summed E-state index contributed by atoms with van der Waals surface area (Å²) in [4.78, 5) is 24.2. The van der Waals surface area contributed by atoms with Crippen LogP contribution in [0, 0.1) is 5.92 Å². The first-order valence-electron chi connectivity index (χ1n) is 9.03. The number of alkyl halides is 11. The molecule has 0 saturated heterocycles. The molecule has 4 nitrogen and oxygen atoms in total. The lowest BCUT2D eigenvalue weighted by Gasteiger charge is -2.51. The van der Waals surface area contributed by atoms with Gasteiger partial charge in [-0.2, -0.15) is 43.9 Å². The van der Waals surface area contributed by atoms with Gasteiger partial charge in [0.05, 0.1) is 5.56 Å². The average Bonchev–Trinajstić information content (AvgIpc) is 3.02. The maximum Gasteiger partial charge on any atom is 0.384 e. The minimum atomic E-state index is -7.43. The molecule has 33 heavy (non-hydrogen) atoms. The van der Waals surface area contributed by atoms with Gasteiger partial charge >= 0.3 is 35.3 Å². The third-order valence-electron chi connectivity index (χ3n) is 5.74. The Bertz CT molecular complexity index is 991. The van der Waals surface area contributed by atoms with E-state index in [0.29, 0.717) is 17.8 Å². The number of carbonyl (C=O) groups is 2. The summed E-state index contributed by atoms with van der Waals surface area (Å²) in [6, 6.07) is 0. The van der Waals surface area contributed by atoms with E-state index in [9.17, 15) is 57.9 Å². The van der Waals surface area contributed by atoms with E-state index in [2.05, 4.69) is 0 Å². The topological polar surface area (TPSA) is 72.2 Å². The summed E-state index contributed by atoms with van der Waals surface area (Å²) in [6.07, 6.45) is 0.788. The van der Waals surface area contributed by atoms with Gasteiger partial charge in [-0.25, -0.2) is 4.39 Å². The fraction of sp³-hybridized carbons (Fsp3) is 0.647. The van der Waals surface area contributed by atoms with Gasteiger partial charge in [0.15, 0.2) is 0 Å². The molecule has 0 radical (unpaired) electrons. The first-order valence-corrected chi connectivity index (χ1v) is 9.85. The van der Waals surface area contributed by atoms with E-state index in [4.69, 9.17) is 5.73 Å². The highest BCUT2D eigenvalue weighted by Crippen LogP contribution is 2.69. The summed E-state index contributed by atoms with van der Waals surface area (Å²) in [7, 11) is 0. The standard InChI is InChI=1S/C17H13F11N2O2S/c1-5-2-3-6-7(4-5)33-10(8(6)9(29)31)30-11(32)12(18)13(19,20)15(23,24)17(27,28)16(25,26)14(12,21)22/h5H,2-4H2,1H3,(H2,29,31)(H,30,32). The van der Waals surface area contributed by atoms with Crippen LogP contribution >= 0.6 is 11.3 Å². The van der Waals surface area contributed by atoms with Crippen molar-refractivity contribution in [1.82, 2.24) is 0 Å². The molecule has 1 atom stereocenters. The van der Waals surface area contributed by atoms with E-state index in [0.717, 1.165) is 5.32 Å². The number of nitrogens with one attached hydrogen (secondary N) is 1. The molecule has 1 saturated carbocycles. The number of halogens is 11. The van der Waals surface area contributed by atoms with Crippen LogP contribution in [0.15, 0.2) is 0 Å². The molecule has 1 aromatic heterocycles. The van der Waals surface area contributed by atoms with Crippen LogP contribution in [0.4, 0.5) is 53.3 Å². The second kappa shape index (κ2) is 6.95. The van der Waals surface area contributed by atoms with Crippen LogP contribution in [-0.2, 0) is 17.6 Å². The number of nitrogens with two attached hydrogens (primary N) is 1. The lowest BCUT2D eigenvalue weighted by atomic mass is 9.71. The Kier molecular flexibility index (Phi) is 5.37. The Morgan fingerprint density at radius 3 is 1.79 bits per heavy atom. The molecule has 2 amide bonds. The second-order valence-corrected chi connectivity index (χ2v) is 9.01. The van der Waals surface area contributed by atoms with Crippen LogP contribution in [-0.4, -0.2) is 47.1 Å². The minimum Gasteiger partial charge on any atom is -0.365 e. The molecule has 1 heterocycles. The van der Waals surface area contributed by atoms with Crippen molar-refractivity contribution in [2.75, 3.05) is 5.32 Å². The lowest BCUT2D eigenvalue weighted by Crippen LogP contribution is -2.86. The largest absolute Gasteiger partial charge is 0.384 e. The fourth-order valence-electron chi connectivity index (χ4n) is 3.80. The maximum absolute atomic E-state index is 14.9. The van der Waals surface area contributed by atoms with Gasteiger partial charge < -0.3 is 11.1 Å². The van der Waals surface area contributed by atoms with Crippen LogP contribution in [0.3, 0.4) is 0 Å². The van der Waals surface area contributed by atoms with Gasteiger partial charge in [-0.15, -0.1) is 11.3 Å². The number of thiophene rings is 1. The van der Waals surface area contributed by atoms with Gasteiger partial charge in [-0.05, 0) is 30.7 Å². The number of fused-ring (bicyclic) bond motifs is 1. The van der Waals surface area contributed by atoms with Crippen molar-refractivity contribution in [3.63, 3.8) is 0 Å². The monoisotopic (exact) mass is 518 g/mol. The van der Waals surface area contributed by atoms with Gasteiger partial charge in [-0.1, -0.05) is 6.92 Å². The first kappa shape index (κ1) is 25.5. The molecule has 3 N–H and O–H groups in total. The normalized spacial score (nSPS) is 27.9. The Morgan fingerprint density at radius 2 is 1.33 bits per heavy atom. The number of rotatable bonds is 3. The van der Waals surface area contributed by atoms with Crippen molar-refractivity contribution < 1.29 is 57.9 Å². The third-order valence-corrected chi connectivity index (χ3v) is 6.91. The van der Waals surface area contributed by atoms with Gasteiger partial charge in [0.1, 0.15) is 5.00 Å². The zero-order chi connectivity index (χ0) is 25.6. The molecule has 0 aliphatic heterocycles. The van der Waals surface area contributed by atoms with E-state index in [1.807, 2.05) is 0 Å². The quantitative estimate of drug-likeness (QED) is 0.564. The number of amides is 2. The molecule has 186 valence electrons. The van der Waals surface area contributed by atoms with Crippen LogP contribution < -0.4 is 11.1 Å². The first-order chi connectivity index (χ1) is 14.7. The number of carbonyl (C=O) groups excluding carboxylic acids is 2. The van der Waals surface area contributed by atoms with Gasteiger partial charge in [0.2, 0.25) is 0 Å². The van der Waals surface area contributed by atoms with Crippen molar-refractivity contribution in [3.8, 4) is 0 Å². The molecule has 0 aromatic carbocycles. The predicted octanol–water partition coefficient (Wildman–Crippen LogP) is 4.81. The van der Waals surface area contributed by atoms with Gasteiger partial charge in [0.25, 0.3) is 11.8 Å². The molecule has 3 rings (SSSR count). The van der Waals surface area contributed by atoms with E-state index in [1.165, 1.54) is 0 Å². The molecule has 16 heteroatoms. The van der Waals surface area contributed by atoms with Crippen molar-refractivity contribution in [1.29, 1.82) is 0 Å². The Labute approximate surface area is 181 Å². The number of anilines is 1. The summed E-state index contributed by atoms with van der Waals surface area (Å²) in [5.41, 5.74) is -2.24. The van der Waals surface area contributed by atoms with E-state index in [-0.39, 0.29) is 29.2 Å². The second-order valence-electron chi connectivity index (χ2n) is 7.90. The Balaban J connectivity index is 2.17. The van der Waals surface area contributed by atoms with Crippen LogP contribution in [0.2, 0.25) is 0 Å². The van der Waals surface area contributed by atoms with Crippen LogP contribution in [0.5, 0.6) is 0 Å². The van der Waals surface area contributed by atoms with Gasteiger partial charge in [0, 0.05) is 4.88 Å². The Hall–Kier alpha value is -2.13. The number of hydrogen-bond acceptors (Lipinski definition) is 3. The highest BCUT2D eigenvalue weighted by Gasteiger charge is 3.02. The van der Waals surface area contributed by atoms with E-state index < -0.39 is 57.7 Å². The summed E-state index contributed by atoms with van der Waals surface area (Å²) in [5.74, 6) is -41.7.